The van der Waals surface area contributed by atoms with Crippen LogP contribution in [0.3, 0.4) is 0 Å². The predicted octanol–water partition coefficient (Wildman–Crippen LogP) is 3.38. The molecule has 0 spiro atoms. The molecule has 3 heterocycles. The van der Waals surface area contributed by atoms with Gasteiger partial charge in [-0.25, -0.2) is 4.98 Å². The molecule has 1 aromatic carbocycles. The molecular formula is C20H21N3O2S. The van der Waals surface area contributed by atoms with Crippen molar-refractivity contribution in [3.05, 3.63) is 53.1 Å². The molecule has 1 aliphatic heterocycles. The van der Waals surface area contributed by atoms with E-state index >= 15 is 0 Å². The van der Waals surface area contributed by atoms with E-state index in [1.165, 1.54) is 22.2 Å². The number of benzene rings is 1. The number of hydrogen-bond acceptors (Lipinski definition) is 4. The van der Waals surface area contributed by atoms with Gasteiger partial charge in [0.25, 0.3) is 5.56 Å². The molecule has 1 aliphatic rings. The van der Waals surface area contributed by atoms with Crippen LogP contribution in [0.25, 0.3) is 20.7 Å². The van der Waals surface area contributed by atoms with Gasteiger partial charge in [0.05, 0.1) is 11.7 Å². The first-order chi connectivity index (χ1) is 12.6. The summed E-state index contributed by atoms with van der Waals surface area (Å²) in [6, 6.07) is 11.8. The molecule has 26 heavy (non-hydrogen) atoms. The van der Waals surface area contributed by atoms with Gasteiger partial charge >= 0.3 is 0 Å². The number of hydrogen-bond donors (Lipinski definition) is 0. The molecule has 1 saturated heterocycles. The lowest BCUT2D eigenvalue weighted by Gasteiger charge is -2.31. The molecule has 2 aromatic heterocycles. The summed E-state index contributed by atoms with van der Waals surface area (Å²) in [6.45, 7) is 3.78. The number of aromatic nitrogens is 2. The molecule has 0 radical (unpaired) electrons. The van der Waals surface area contributed by atoms with Gasteiger partial charge < -0.3 is 4.90 Å². The number of nitrogens with zero attached hydrogens (tertiary/aromatic N) is 3. The molecule has 1 amide bonds. The molecule has 0 aliphatic carbocycles. The van der Waals surface area contributed by atoms with Crippen molar-refractivity contribution in [2.45, 2.75) is 26.3 Å². The third-order valence-corrected chi connectivity index (χ3v) is 5.98. The largest absolute Gasteiger partial charge is 0.341 e. The Morgan fingerprint density at radius 3 is 2.88 bits per heavy atom. The van der Waals surface area contributed by atoms with Crippen molar-refractivity contribution in [3.8, 4) is 10.4 Å². The highest BCUT2D eigenvalue weighted by Gasteiger charge is 2.21. The summed E-state index contributed by atoms with van der Waals surface area (Å²) in [7, 11) is 0. The van der Waals surface area contributed by atoms with Crippen LogP contribution in [0.1, 0.15) is 19.8 Å². The topological polar surface area (TPSA) is 55.2 Å². The Hall–Kier alpha value is -2.47. The van der Waals surface area contributed by atoms with Crippen LogP contribution >= 0.6 is 11.3 Å². The molecule has 0 saturated carbocycles. The number of piperidine rings is 1. The highest BCUT2D eigenvalue weighted by atomic mass is 32.1. The van der Waals surface area contributed by atoms with Gasteiger partial charge in [-0.2, -0.15) is 0 Å². The maximum Gasteiger partial charge on any atom is 0.262 e. The Labute approximate surface area is 155 Å². The zero-order chi connectivity index (χ0) is 18.1. The minimum absolute atomic E-state index is 0.00156. The van der Waals surface area contributed by atoms with E-state index in [1.54, 1.807) is 0 Å². The number of likely N-dealkylation sites (tertiary alicyclic amines) is 1. The third kappa shape index (κ3) is 3.29. The minimum atomic E-state index is -0.146. The Morgan fingerprint density at radius 2 is 2.12 bits per heavy atom. The summed E-state index contributed by atoms with van der Waals surface area (Å²) in [5.41, 5.74) is 0.923. The minimum Gasteiger partial charge on any atom is -0.341 e. The van der Waals surface area contributed by atoms with E-state index in [0.29, 0.717) is 16.1 Å². The number of rotatable bonds is 3. The number of carbonyl (C=O) groups excluding carboxylic acids is 1. The van der Waals surface area contributed by atoms with Crippen molar-refractivity contribution in [1.82, 2.24) is 14.5 Å². The smallest absolute Gasteiger partial charge is 0.262 e. The zero-order valence-electron chi connectivity index (χ0n) is 14.7. The van der Waals surface area contributed by atoms with Gasteiger partial charge in [-0.3, -0.25) is 14.2 Å². The summed E-state index contributed by atoms with van der Waals surface area (Å²) in [4.78, 5) is 33.4. The van der Waals surface area contributed by atoms with E-state index < -0.39 is 0 Å². The molecule has 134 valence electrons. The van der Waals surface area contributed by atoms with Crippen LogP contribution in [-0.4, -0.2) is 33.4 Å². The van der Waals surface area contributed by atoms with Gasteiger partial charge in [0.15, 0.2) is 0 Å². The van der Waals surface area contributed by atoms with E-state index in [0.717, 1.165) is 36.4 Å². The molecule has 0 N–H and O–H groups in total. The van der Waals surface area contributed by atoms with Gasteiger partial charge in [-0.1, -0.05) is 37.3 Å². The number of carbonyl (C=O) groups is 1. The molecule has 5 nitrogen and oxygen atoms in total. The van der Waals surface area contributed by atoms with Crippen molar-refractivity contribution in [1.29, 1.82) is 0 Å². The molecule has 4 rings (SSSR count). The first kappa shape index (κ1) is 17.0. The Kier molecular flexibility index (Phi) is 4.59. The number of fused-ring (bicyclic) bond motifs is 1. The Bertz CT molecular complexity index is 993. The summed E-state index contributed by atoms with van der Waals surface area (Å²) in [5, 5.41) is 0.580. The van der Waals surface area contributed by atoms with E-state index in [-0.39, 0.29) is 18.0 Å². The van der Waals surface area contributed by atoms with E-state index in [9.17, 15) is 9.59 Å². The quantitative estimate of drug-likeness (QED) is 0.713. The Morgan fingerprint density at radius 1 is 1.31 bits per heavy atom. The van der Waals surface area contributed by atoms with Gasteiger partial charge in [0.2, 0.25) is 5.91 Å². The molecule has 0 bridgehead atoms. The lowest BCUT2D eigenvalue weighted by Crippen LogP contribution is -2.42. The normalized spacial score (nSPS) is 17.6. The van der Waals surface area contributed by atoms with Gasteiger partial charge in [-0.15, -0.1) is 11.3 Å². The van der Waals surface area contributed by atoms with Gasteiger partial charge in [-0.05, 0) is 30.4 Å². The molecule has 1 atom stereocenters. The standard InChI is InChI=1S/C20H21N3O2S/c1-14-6-5-9-22(11-14)18(24)12-23-13-21-19-16(20(23)25)10-17(26-19)15-7-3-2-4-8-15/h2-4,7-8,10,13-14H,5-6,9,11-12H2,1H3. The highest BCUT2D eigenvalue weighted by molar-refractivity contribution is 7.21. The summed E-state index contributed by atoms with van der Waals surface area (Å²) in [5.74, 6) is 0.522. The molecule has 1 fully saturated rings. The fourth-order valence-electron chi connectivity index (χ4n) is 3.48. The van der Waals surface area contributed by atoms with Crippen LogP contribution in [0.4, 0.5) is 0 Å². The number of amides is 1. The maximum absolute atomic E-state index is 12.8. The van der Waals surface area contributed by atoms with E-state index in [1.807, 2.05) is 41.3 Å². The van der Waals surface area contributed by atoms with Crippen molar-refractivity contribution in [3.63, 3.8) is 0 Å². The van der Waals surface area contributed by atoms with Crippen LogP contribution in [0, 0.1) is 5.92 Å². The summed E-state index contributed by atoms with van der Waals surface area (Å²) in [6.07, 6.45) is 3.69. The van der Waals surface area contributed by atoms with Crippen molar-refractivity contribution < 1.29 is 4.79 Å². The number of thiophene rings is 1. The van der Waals surface area contributed by atoms with Crippen LogP contribution in [-0.2, 0) is 11.3 Å². The first-order valence-corrected chi connectivity index (χ1v) is 9.75. The average Bonchev–Trinajstić information content (AvgIpc) is 3.10. The second-order valence-corrected chi connectivity index (χ2v) is 7.99. The Balaban J connectivity index is 1.61. The molecule has 3 aromatic rings. The lowest BCUT2D eigenvalue weighted by atomic mass is 10.0. The monoisotopic (exact) mass is 367 g/mol. The van der Waals surface area contributed by atoms with E-state index in [2.05, 4.69) is 11.9 Å². The second-order valence-electron chi connectivity index (χ2n) is 6.96. The highest BCUT2D eigenvalue weighted by Crippen LogP contribution is 2.30. The molecule has 6 heteroatoms. The average molecular weight is 367 g/mol. The molecular weight excluding hydrogens is 346 g/mol. The third-order valence-electron chi connectivity index (χ3n) is 4.89. The van der Waals surface area contributed by atoms with Crippen molar-refractivity contribution in [2.24, 2.45) is 5.92 Å². The van der Waals surface area contributed by atoms with E-state index in [4.69, 9.17) is 0 Å². The zero-order valence-corrected chi connectivity index (χ0v) is 15.5. The van der Waals surface area contributed by atoms with Gasteiger partial charge in [0.1, 0.15) is 11.4 Å². The van der Waals surface area contributed by atoms with Crippen molar-refractivity contribution in [2.75, 3.05) is 13.1 Å². The van der Waals surface area contributed by atoms with Crippen LogP contribution in [0.5, 0.6) is 0 Å². The van der Waals surface area contributed by atoms with Gasteiger partial charge in [0, 0.05) is 18.0 Å². The maximum atomic E-state index is 12.8. The molecule has 1 unspecified atom stereocenters. The summed E-state index contributed by atoms with van der Waals surface area (Å²) < 4.78 is 1.44. The van der Waals surface area contributed by atoms with Crippen LogP contribution < -0.4 is 5.56 Å². The van der Waals surface area contributed by atoms with Crippen LogP contribution in [0.2, 0.25) is 0 Å². The first-order valence-electron chi connectivity index (χ1n) is 8.94. The lowest BCUT2D eigenvalue weighted by molar-refractivity contribution is -0.133. The fraction of sp³-hybridized carbons (Fsp3) is 0.350. The summed E-state index contributed by atoms with van der Waals surface area (Å²) >= 11 is 1.50. The second kappa shape index (κ2) is 7.03. The van der Waals surface area contributed by atoms with Crippen molar-refractivity contribution >= 4 is 27.5 Å². The predicted molar refractivity (Wildman–Crippen MR) is 104 cm³/mol. The SMILES string of the molecule is CC1CCCN(C(=O)Cn2cnc3sc(-c4ccccc4)cc3c2=O)C1. The van der Waals surface area contributed by atoms with Crippen LogP contribution in [0.15, 0.2) is 47.5 Å². The fourth-order valence-corrected chi connectivity index (χ4v) is 4.47.